The molecule has 4 N–H and O–H groups in total. The first-order chi connectivity index (χ1) is 14.2. The van der Waals surface area contributed by atoms with Crippen LogP contribution in [0.15, 0.2) is 24.3 Å². The molecule has 0 saturated carbocycles. The lowest BCUT2D eigenvalue weighted by Crippen LogP contribution is -2.35. The van der Waals surface area contributed by atoms with E-state index in [1.165, 1.54) is 0 Å². The number of aryl methyl sites for hydroxylation is 1. The van der Waals surface area contributed by atoms with Crippen molar-refractivity contribution in [2.45, 2.75) is 46.0 Å². The molecule has 3 rings (SSSR count). The third-order valence-corrected chi connectivity index (χ3v) is 4.71. The minimum absolute atomic E-state index is 0.134. The number of carbonyl (C=O) groups excluding carboxylic acids is 1. The van der Waals surface area contributed by atoms with Crippen molar-refractivity contribution in [2.75, 3.05) is 25.4 Å². The number of imidazole rings is 1. The van der Waals surface area contributed by atoms with Crippen LogP contribution in [0.4, 0.5) is 10.6 Å². The number of carbonyl (C=O) groups is 1. The largest absolute Gasteiger partial charge is 0.412 e. The number of anilines is 1. The normalized spacial score (nSPS) is 11.1. The van der Waals surface area contributed by atoms with Gasteiger partial charge in [0.1, 0.15) is 23.5 Å². The first-order valence-corrected chi connectivity index (χ1v) is 10.4. The molecule has 3 aromatic rings. The van der Waals surface area contributed by atoms with E-state index in [2.05, 4.69) is 22.5 Å². The second kappa shape index (κ2) is 9.95. The van der Waals surface area contributed by atoms with Crippen LogP contribution in [-0.4, -0.2) is 40.4 Å². The second-order valence-electron chi connectivity index (χ2n) is 6.96. The number of nitrogens with one attached hydrogen (secondary N) is 2. The van der Waals surface area contributed by atoms with E-state index >= 15 is 0 Å². The number of fused-ring (bicyclic) bond motifs is 3. The molecule has 0 fully saturated rings. The highest BCUT2D eigenvalue weighted by molar-refractivity contribution is 6.06. The molecule has 156 valence electrons. The van der Waals surface area contributed by atoms with Gasteiger partial charge in [0.05, 0.1) is 5.52 Å². The molecule has 0 bridgehead atoms. The number of urea groups is 1. The molecule has 8 heteroatoms. The number of pyridine rings is 1. The van der Waals surface area contributed by atoms with Crippen LogP contribution < -0.4 is 21.2 Å². The average Bonchev–Trinajstić information content (AvgIpc) is 3.08. The molecule has 0 radical (unpaired) electrons. The summed E-state index contributed by atoms with van der Waals surface area (Å²) in [5, 5.41) is 6.52. The number of amides is 2. The Hall–Kier alpha value is -3.03. The van der Waals surface area contributed by atoms with Crippen molar-refractivity contribution in [3.63, 3.8) is 0 Å². The summed E-state index contributed by atoms with van der Waals surface area (Å²) in [5.74, 6) is 1.29. The van der Waals surface area contributed by atoms with Crippen molar-refractivity contribution < 1.29 is 9.63 Å². The Balaban J connectivity index is 1.77. The van der Waals surface area contributed by atoms with Crippen LogP contribution in [0.3, 0.4) is 0 Å². The number of nitrogen functional groups attached to an aromatic ring is 1. The molecule has 0 spiro atoms. The van der Waals surface area contributed by atoms with Gasteiger partial charge in [0.25, 0.3) is 0 Å². The molecule has 2 amide bonds. The van der Waals surface area contributed by atoms with E-state index in [0.29, 0.717) is 31.0 Å². The molecule has 2 aromatic heterocycles. The predicted molar refractivity (Wildman–Crippen MR) is 116 cm³/mol. The summed E-state index contributed by atoms with van der Waals surface area (Å²) in [6, 6.07) is 7.76. The quantitative estimate of drug-likeness (QED) is 0.455. The van der Waals surface area contributed by atoms with Crippen LogP contribution >= 0.6 is 0 Å². The number of unbranched alkanes of at least 4 members (excludes halogenated alkanes) is 2. The van der Waals surface area contributed by atoms with Gasteiger partial charge in [0.2, 0.25) is 0 Å². The van der Waals surface area contributed by atoms with Gasteiger partial charge < -0.3 is 21.2 Å². The Bertz CT molecular complexity index is 969. The van der Waals surface area contributed by atoms with E-state index in [1.54, 1.807) is 0 Å². The lowest BCUT2D eigenvalue weighted by atomic mass is 10.2. The molecule has 0 aliphatic heterocycles. The SMILES string of the molecule is CCCCc1nc2c(N)nc3ccccc3c2n1OCCCCNC(=O)NCC. The Labute approximate surface area is 170 Å². The van der Waals surface area contributed by atoms with E-state index in [9.17, 15) is 4.79 Å². The smallest absolute Gasteiger partial charge is 0.314 e. The highest BCUT2D eigenvalue weighted by atomic mass is 16.7. The molecule has 8 nitrogen and oxygen atoms in total. The Morgan fingerprint density at radius 3 is 2.76 bits per heavy atom. The van der Waals surface area contributed by atoms with E-state index in [1.807, 2.05) is 35.9 Å². The van der Waals surface area contributed by atoms with Crippen LogP contribution in [0, 0.1) is 0 Å². The minimum atomic E-state index is -0.134. The van der Waals surface area contributed by atoms with Crippen molar-refractivity contribution in [3.05, 3.63) is 30.1 Å². The summed E-state index contributed by atoms with van der Waals surface area (Å²) in [4.78, 5) is 26.8. The van der Waals surface area contributed by atoms with Gasteiger partial charge in [-0.25, -0.2) is 14.8 Å². The fraction of sp³-hybridized carbons (Fsp3) is 0.476. The monoisotopic (exact) mass is 398 g/mol. The maximum Gasteiger partial charge on any atom is 0.314 e. The van der Waals surface area contributed by atoms with Crippen molar-refractivity contribution in [1.82, 2.24) is 25.3 Å². The zero-order valence-corrected chi connectivity index (χ0v) is 17.2. The van der Waals surface area contributed by atoms with Crippen LogP contribution in [-0.2, 0) is 6.42 Å². The summed E-state index contributed by atoms with van der Waals surface area (Å²) in [6.07, 6.45) is 4.56. The molecule has 0 aliphatic rings. The Morgan fingerprint density at radius 2 is 1.97 bits per heavy atom. The van der Waals surface area contributed by atoms with Gasteiger partial charge in [-0.1, -0.05) is 31.5 Å². The molecule has 29 heavy (non-hydrogen) atoms. The highest BCUT2D eigenvalue weighted by Gasteiger charge is 2.18. The van der Waals surface area contributed by atoms with E-state index < -0.39 is 0 Å². The lowest BCUT2D eigenvalue weighted by Gasteiger charge is -2.12. The number of nitrogens with zero attached hydrogens (tertiary/aromatic N) is 3. The average molecular weight is 399 g/mol. The fourth-order valence-electron chi connectivity index (χ4n) is 3.26. The number of benzene rings is 1. The van der Waals surface area contributed by atoms with Gasteiger partial charge in [-0.2, -0.15) is 4.73 Å². The first-order valence-electron chi connectivity index (χ1n) is 10.4. The molecule has 0 unspecified atom stereocenters. The molecule has 1 aromatic carbocycles. The zero-order valence-electron chi connectivity index (χ0n) is 17.2. The molecular weight excluding hydrogens is 368 g/mol. The number of para-hydroxylation sites is 1. The molecule has 0 aliphatic carbocycles. The van der Waals surface area contributed by atoms with Crippen LogP contribution in [0.25, 0.3) is 21.9 Å². The van der Waals surface area contributed by atoms with Crippen molar-refractivity contribution >= 4 is 33.8 Å². The third kappa shape index (κ3) is 4.88. The Kier molecular flexibility index (Phi) is 7.10. The topological polar surface area (TPSA) is 107 Å². The summed E-state index contributed by atoms with van der Waals surface area (Å²) in [6.45, 7) is 5.81. The van der Waals surface area contributed by atoms with Crippen molar-refractivity contribution in [2.24, 2.45) is 0 Å². The second-order valence-corrected chi connectivity index (χ2v) is 6.96. The molecule has 0 atom stereocenters. The number of hydrogen-bond acceptors (Lipinski definition) is 5. The number of hydrogen-bond donors (Lipinski definition) is 3. The summed E-state index contributed by atoms with van der Waals surface area (Å²) >= 11 is 0. The van der Waals surface area contributed by atoms with Gasteiger partial charge in [-0.15, -0.1) is 0 Å². The van der Waals surface area contributed by atoms with Gasteiger partial charge in [-0.05, 0) is 32.3 Å². The van der Waals surface area contributed by atoms with E-state index in [4.69, 9.17) is 15.6 Å². The van der Waals surface area contributed by atoms with Crippen molar-refractivity contribution in [3.8, 4) is 0 Å². The molecular formula is C21H30N6O2. The number of rotatable bonds is 10. The zero-order chi connectivity index (χ0) is 20.6. The fourth-order valence-corrected chi connectivity index (χ4v) is 3.26. The minimum Gasteiger partial charge on any atom is -0.412 e. The van der Waals surface area contributed by atoms with Gasteiger partial charge in [-0.3, -0.25) is 0 Å². The van der Waals surface area contributed by atoms with Gasteiger partial charge >= 0.3 is 6.03 Å². The number of nitrogens with two attached hydrogens (primary N) is 1. The lowest BCUT2D eigenvalue weighted by molar-refractivity contribution is 0.109. The van der Waals surface area contributed by atoms with Crippen LogP contribution in [0.2, 0.25) is 0 Å². The number of aromatic nitrogens is 3. The summed E-state index contributed by atoms with van der Waals surface area (Å²) < 4.78 is 1.84. The maximum absolute atomic E-state index is 11.4. The van der Waals surface area contributed by atoms with Crippen LogP contribution in [0.5, 0.6) is 0 Å². The van der Waals surface area contributed by atoms with E-state index in [0.717, 1.165) is 54.3 Å². The summed E-state index contributed by atoms with van der Waals surface area (Å²) in [7, 11) is 0. The van der Waals surface area contributed by atoms with Crippen LogP contribution in [0.1, 0.15) is 45.4 Å². The van der Waals surface area contributed by atoms with Gasteiger partial charge in [0, 0.05) is 24.9 Å². The van der Waals surface area contributed by atoms with Crippen molar-refractivity contribution in [1.29, 1.82) is 0 Å². The summed E-state index contributed by atoms with van der Waals surface area (Å²) in [5.41, 5.74) is 8.58. The molecule has 0 saturated heterocycles. The predicted octanol–water partition coefficient (Wildman–Crippen LogP) is 3.04. The standard InChI is InChI=1S/C21H30N6O2/c1-3-5-12-17-26-18-19(15-10-6-7-11-16(15)25-20(18)22)27(17)29-14-9-8-13-24-21(28)23-4-2/h6-7,10-11H,3-5,8-9,12-14H2,1-2H3,(H2,22,25)(H2,23,24,28). The van der Waals surface area contributed by atoms with Gasteiger partial charge in [0.15, 0.2) is 5.82 Å². The Morgan fingerprint density at radius 1 is 1.14 bits per heavy atom. The molecule has 2 heterocycles. The highest BCUT2D eigenvalue weighted by Crippen LogP contribution is 2.28. The third-order valence-electron chi connectivity index (χ3n) is 4.71. The van der Waals surface area contributed by atoms with E-state index in [-0.39, 0.29) is 6.03 Å². The maximum atomic E-state index is 11.4. The first kappa shape index (κ1) is 20.7.